The fourth-order valence-corrected chi connectivity index (χ4v) is 3.37. The quantitative estimate of drug-likeness (QED) is 0.778. The maximum Gasteiger partial charge on any atom is 0.223 e. The van der Waals surface area contributed by atoms with Gasteiger partial charge in [0, 0.05) is 18.0 Å². The lowest BCUT2D eigenvalue weighted by atomic mass is 9.59. The molecule has 1 aromatic rings. The summed E-state index contributed by atoms with van der Waals surface area (Å²) in [4.78, 5) is 19.0. The largest absolute Gasteiger partial charge is 0.308 e. The molecule has 0 bridgehead atoms. The van der Waals surface area contributed by atoms with Crippen molar-refractivity contribution in [3.8, 4) is 0 Å². The molecule has 2 heterocycles. The summed E-state index contributed by atoms with van der Waals surface area (Å²) >= 11 is 1.58. The molecule has 1 fully saturated rings. The average Bonchev–Trinajstić information content (AvgIpc) is 2.78. The van der Waals surface area contributed by atoms with E-state index in [1.807, 2.05) is 6.20 Å². The SMILES string of the molecule is BC(B)(c1cnc(NC(C)=O)s1)N1CCCCC1. The highest BCUT2D eigenvalue weighted by Crippen LogP contribution is 2.31. The number of piperidine rings is 1. The number of rotatable bonds is 3. The lowest BCUT2D eigenvalue weighted by molar-refractivity contribution is -0.114. The predicted octanol–water partition coefficient (Wildman–Crippen LogP) is -0.0361. The van der Waals surface area contributed by atoms with E-state index in [9.17, 15) is 4.79 Å². The second kappa shape index (κ2) is 5.45. The molecule has 2 rings (SSSR count). The first-order chi connectivity index (χ1) is 8.50. The van der Waals surface area contributed by atoms with Crippen LogP contribution in [0.1, 0.15) is 31.1 Å². The molecule has 1 aromatic heterocycles. The van der Waals surface area contributed by atoms with Crippen LogP contribution in [0.3, 0.4) is 0 Å². The number of nitrogens with zero attached hydrogens (tertiary/aromatic N) is 2. The first-order valence-corrected chi connectivity index (χ1v) is 7.31. The molecule has 18 heavy (non-hydrogen) atoms. The highest BCUT2D eigenvalue weighted by Gasteiger charge is 2.31. The first-order valence-electron chi connectivity index (χ1n) is 6.49. The van der Waals surface area contributed by atoms with Crippen molar-refractivity contribution in [2.45, 2.75) is 31.5 Å². The minimum atomic E-state index is -0.0633. The van der Waals surface area contributed by atoms with Crippen molar-refractivity contribution < 1.29 is 4.79 Å². The zero-order valence-corrected chi connectivity index (χ0v) is 12.1. The van der Waals surface area contributed by atoms with Crippen LogP contribution in [-0.4, -0.2) is 44.6 Å². The third-order valence-electron chi connectivity index (χ3n) is 3.54. The van der Waals surface area contributed by atoms with Gasteiger partial charge < -0.3 is 10.2 Å². The molecule has 4 nitrogen and oxygen atoms in total. The van der Waals surface area contributed by atoms with Crippen LogP contribution in [0.15, 0.2) is 6.20 Å². The molecule has 0 aromatic carbocycles. The van der Waals surface area contributed by atoms with E-state index < -0.39 is 0 Å². The van der Waals surface area contributed by atoms with E-state index in [0.29, 0.717) is 5.13 Å². The van der Waals surface area contributed by atoms with E-state index >= 15 is 0 Å². The van der Waals surface area contributed by atoms with Crippen molar-refractivity contribution in [1.29, 1.82) is 0 Å². The number of anilines is 1. The number of nitrogens with one attached hydrogen (secondary N) is 1. The monoisotopic (exact) mass is 263 g/mol. The standard InChI is InChI=1S/C11H19B2N3OS/c1-8(17)15-10-14-7-9(18-10)11(12,13)16-5-3-2-4-6-16/h7H,2-6,12-13H2,1H3,(H,14,15,17). The molecule has 0 saturated carbocycles. The third kappa shape index (κ3) is 2.95. The molecule has 0 spiro atoms. The Morgan fingerprint density at radius 1 is 1.44 bits per heavy atom. The number of hydrogen-bond donors (Lipinski definition) is 1. The second-order valence-corrected chi connectivity index (χ2v) is 6.35. The fraction of sp³-hybridized carbons (Fsp3) is 0.636. The Hall–Kier alpha value is -0.810. The molecule has 0 aliphatic carbocycles. The van der Waals surface area contributed by atoms with E-state index in [4.69, 9.17) is 0 Å². The van der Waals surface area contributed by atoms with Gasteiger partial charge in [-0.2, -0.15) is 0 Å². The molecule has 1 N–H and O–H groups in total. The number of carbonyl (C=O) groups is 1. The Labute approximate surface area is 114 Å². The van der Waals surface area contributed by atoms with Crippen LogP contribution in [0.5, 0.6) is 0 Å². The van der Waals surface area contributed by atoms with Gasteiger partial charge >= 0.3 is 0 Å². The topological polar surface area (TPSA) is 45.2 Å². The Morgan fingerprint density at radius 3 is 2.72 bits per heavy atom. The molecule has 7 heteroatoms. The summed E-state index contributed by atoms with van der Waals surface area (Å²) in [6.45, 7) is 3.82. The average molecular weight is 263 g/mol. The summed E-state index contributed by atoms with van der Waals surface area (Å²) in [5.74, 6) is -0.0633. The lowest BCUT2D eigenvalue weighted by Crippen LogP contribution is -2.49. The molecular formula is C11H19B2N3OS. The van der Waals surface area contributed by atoms with Crippen LogP contribution in [0.4, 0.5) is 5.13 Å². The minimum absolute atomic E-state index is 0.00874. The van der Waals surface area contributed by atoms with Gasteiger partial charge in [0.2, 0.25) is 5.91 Å². The van der Waals surface area contributed by atoms with Gasteiger partial charge in [-0.25, -0.2) is 4.98 Å². The lowest BCUT2D eigenvalue weighted by Gasteiger charge is -2.40. The molecule has 96 valence electrons. The molecule has 0 atom stereocenters. The first kappa shape index (κ1) is 13.6. The van der Waals surface area contributed by atoms with Gasteiger partial charge in [0.1, 0.15) is 15.7 Å². The number of carbonyl (C=O) groups excluding carboxylic acids is 1. The van der Waals surface area contributed by atoms with Crippen molar-refractivity contribution in [2.75, 3.05) is 18.4 Å². The summed E-state index contributed by atoms with van der Waals surface area (Å²) in [5, 5.41) is 3.46. The van der Waals surface area contributed by atoms with Crippen molar-refractivity contribution in [2.24, 2.45) is 0 Å². The summed E-state index contributed by atoms with van der Waals surface area (Å²) in [6, 6.07) is 0. The normalized spacial score (nSPS) is 17.6. The van der Waals surface area contributed by atoms with Gasteiger partial charge in [-0.1, -0.05) is 6.42 Å². The van der Waals surface area contributed by atoms with Crippen molar-refractivity contribution in [3.63, 3.8) is 0 Å². The molecule has 0 unspecified atom stereocenters. The van der Waals surface area contributed by atoms with E-state index in [0.717, 1.165) is 13.1 Å². The van der Waals surface area contributed by atoms with E-state index in [1.165, 1.54) is 31.1 Å². The minimum Gasteiger partial charge on any atom is -0.308 e. The Kier molecular flexibility index (Phi) is 4.12. The third-order valence-corrected chi connectivity index (χ3v) is 4.76. The highest BCUT2D eigenvalue weighted by molar-refractivity contribution is 7.16. The Bertz CT molecular complexity index is 430. The van der Waals surface area contributed by atoms with Gasteiger partial charge in [0.05, 0.1) is 0 Å². The van der Waals surface area contributed by atoms with Crippen molar-refractivity contribution >= 4 is 38.1 Å². The van der Waals surface area contributed by atoms with Gasteiger partial charge in [0.15, 0.2) is 5.13 Å². The molecule has 1 amide bonds. The maximum atomic E-state index is 11.0. The van der Waals surface area contributed by atoms with Gasteiger partial charge in [-0.15, -0.1) is 11.3 Å². The summed E-state index contributed by atoms with van der Waals surface area (Å²) in [6.07, 6.45) is 5.79. The van der Waals surface area contributed by atoms with Crippen LogP contribution >= 0.6 is 11.3 Å². The van der Waals surface area contributed by atoms with Gasteiger partial charge in [0.25, 0.3) is 0 Å². The Balaban J connectivity index is 2.12. The number of likely N-dealkylation sites (tertiary alicyclic amines) is 1. The maximum absolute atomic E-state index is 11.0. The van der Waals surface area contributed by atoms with Crippen LogP contribution < -0.4 is 5.32 Å². The van der Waals surface area contributed by atoms with Crippen LogP contribution in [0, 0.1) is 0 Å². The Morgan fingerprint density at radius 2 is 2.11 bits per heavy atom. The molecule has 0 radical (unpaired) electrons. The van der Waals surface area contributed by atoms with E-state index in [2.05, 4.69) is 30.9 Å². The van der Waals surface area contributed by atoms with Crippen LogP contribution in [0.25, 0.3) is 0 Å². The molecule has 1 aliphatic rings. The predicted molar refractivity (Wildman–Crippen MR) is 80.6 cm³/mol. The number of amides is 1. The van der Waals surface area contributed by atoms with Crippen molar-refractivity contribution in [1.82, 2.24) is 9.88 Å². The second-order valence-electron chi connectivity index (χ2n) is 5.32. The number of aromatic nitrogens is 1. The van der Waals surface area contributed by atoms with Gasteiger partial charge in [-0.3, -0.25) is 4.79 Å². The van der Waals surface area contributed by atoms with Gasteiger partial charge in [-0.05, 0) is 31.3 Å². The summed E-state index contributed by atoms with van der Waals surface area (Å²) in [5.41, 5.74) is 0. The van der Waals surface area contributed by atoms with E-state index in [-0.39, 0.29) is 11.2 Å². The smallest absolute Gasteiger partial charge is 0.223 e. The van der Waals surface area contributed by atoms with Crippen LogP contribution in [-0.2, 0) is 10.1 Å². The molecular weight excluding hydrogens is 244 g/mol. The highest BCUT2D eigenvalue weighted by atomic mass is 32.1. The molecule has 1 aliphatic heterocycles. The summed E-state index contributed by atoms with van der Waals surface area (Å²) in [7, 11) is 4.48. The number of hydrogen-bond acceptors (Lipinski definition) is 4. The van der Waals surface area contributed by atoms with Crippen molar-refractivity contribution in [3.05, 3.63) is 11.1 Å². The number of thiazole rings is 1. The van der Waals surface area contributed by atoms with Crippen LogP contribution in [0.2, 0.25) is 0 Å². The van der Waals surface area contributed by atoms with E-state index in [1.54, 1.807) is 11.3 Å². The molecule has 1 saturated heterocycles. The fourth-order valence-electron chi connectivity index (χ4n) is 2.37. The zero-order chi connectivity index (χ0) is 13.2. The summed E-state index contributed by atoms with van der Waals surface area (Å²) < 4.78 is 0. The zero-order valence-electron chi connectivity index (χ0n) is 11.3.